The van der Waals surface area contributed by atoms with Gasteiger partial charge in [0.05, 0.1) is 11.4 Å². The van der Waals surface area contributed by atoms with Crippen LogP contribution in [0.2, 0.25) is 0 Å². The van der Waals surface area contributed by atoms with Crippen molar-refractivity contribution in [2.75, 3.05) is 11.1 Å². The molecule has 0 atom stereocenters. The fourth-order valence-electron chi connectivity index (χ4n) is 3.17. The summed E-state index contributed by atoms with van der Waals surface area (Å²) >= 11 is 1.18. The van der Waals surface area contributed by atoms with E-state index in [1.807, 2.05) is 60.7 Å². The van der Waals surface area contributed by atoms with E-state index in [1.54, 1.807) is 0 Å². The summed E-state index contributed by atoms with van der Waals surface area (Å²) in [4.78, 5) is 28.7. The van der Waals surface area contributed by atoms with Gasteiger partial charge in [0.15, 0.2) is 5.78 Å². The Hall–Kier alpha value is -4.04. The molecule has 0 aliphatic rings. The minimum Gasteiger partial charge on any atom is -0.506 e. The smallest absolute Gasteiger partial charge is 0.221 e. The molecule has 8 heteroatoms. The van der Waals surface area contributed by atoms with E-state index < -0.39 is 0 Å². The number of phenolic OH excluding ortho intramolecular Hbond substituents is 1. The highest BCUT2D eigenvalue weighted by Crippen LogP contribution is 2.30. The first kappa shape index (κ1) is 22.2. The van der Waals surface area contributed by atoms with Crippen LogP contribution in [0.3, 0.4) is 0 Å². The fourth-order valence-corrected chi connectivity index (χ4v) is 3.85. The molecule has 1 aromatic heterocycles. The molecule has 0 spiro atoms. The van der Waals surface area contributed by atoms with Gasteiger partial charge >= 0.3 is 0 Å². The third kappa shape index (κ3) is 5.42. The lowest BCUT2D eigenvalue weighted by atomic mass is 10.0. The Kier molecular flexibility index (Phi) is 6.75. The number of amides is 1. The van der Waals surface area contributed by atoms with E-state index in [1.165, 1.54) is 36.9 Å². The minimum atomic E-state index is -0.337. The quantitative estimate of drug-likeness (QED) is 0.233. The van der Waals surface area contributed by atoms with Crippen LogP contribution < -0.4 is 5.32 Å². The van der Waals surface area contributed by atoms with E-state index in [0.29, 0.717) is 22.1 Å². The van der Waals surface area contributed by atoms with E-state index in [-0.39, 0.29) is 28.9 Å². The highest BCUT2D eigenvalue weighted by Gasteiger charge is 2.16. The van der Waals surface area contributed by atoms with Crippen molar-refractivity contribution in [2.24, 2.45) is 0 Å². The van der Waals surface area contributed by atoms with Crippen LogP contribution in [0.5, 0.6) is 5.75 Å². The zero-order valence-electron chi connectivity index (χ0n) is 17.7. The zero-order valence-corrected chi connectivity index (χ0v) is 18.5. The molecule has 7 nitrogen and oxygen atoms in total. The normalized spacial score (nSPS) is 10.6. The van der Waals surface area contributed by atoms with Gasteiger partial charge in [0.1, 0.15) is 17.1 Å². The van der Waals surface area contributed by atoms with Gasteiger partial charge in [0.2, 0.25) is 11.1 Å². The van der Waals surface area contributed by atoms with Gasteiger partial charge in [-0.2, -0.15) is 0 Å². The number of carbonyl (C=O) groups excluding carboxylic acids is 2. The average Bonchev–Trinajstić information content (AvgIpc) is 2.84. The molecule has 0 fully saturated rings. The molecule has 1 amide bonds. The predicted octanol–water partition coefficient (Wildman–Crippen LogP) is 4.84. The number of hydrogen-bond donors (Lipinski definition) is 2. The van der Waals surface area contributed by atoms with Crippen LogP contribution >= 0.6 is 11.8 Å². The molecule has 0 saturated heterocycles. The Balaban J connectivity index is 1.58. The fraction of sp³-hybridized carbons (Fsp3) is 0.0800. The van der Waals surface area contributed by atoms with Crippen molar-refractivity contribution in [3.05, 3.63) is 84.4 Å². The van der Waals surface area contributed by atoms with E-state index in [2.05, 4.69) is 15.5 Å². The van der Waals surface area contributed by atoms with Gasteiger partial charge in [-0.15, -0.1) is 10.2 Å². The summed E-state index contributed by atoms with van der Waals surface area (Å²) in [5.41, 5.74) is 3.70. The minimum absolute atomic E-state index is 0.0743. The monoisotopic (exact) mass is 456 g/mol. The first-order valence-corrected chi connectivity index (χ1v) is 11.1. The van der Waals surface area contributed by atoms with E-state index in [4.69, 9.17) is 4.98 Å². The lowest BCUT2D eigenvalue weighted by Gasteiger charge is -2.10. The first-order valence-electron chi connectivity index (χ1n) is 10.1. The van der Waals surface area contributed by atoms with Gasteiger partial charge in [-0.25, -0.2) is 4.98 Å². The molecule has 4 rings (SSSR count). The summed E-state index contributed by atoms with van der Waals surface area (Å²) in [6.45, 7) is 1.33. The largest absolute Gasteiger partial charge is 0.506 e. The van der Waals surface area contributed by atoms with Crippen molar-refractivity contribution in [2.45, 2.75) is 12.1 Å². The molecule has 0 unspecified atom stereocenters. The number of carbonyl (C=O) groups is 2. The van der Waals surface area contributed by atoms with Gasteiger partial charge in [-0.1, -0.05) is 72.4 Å². The maximum atomic E-state index is 12.7. The molecule has 3 aromatic carbocycles. The molecule has 4 aromatic rings. The molecule has 33 heavy (non-hydrogen) atoms. The van der Waals surface area contributed by atoms with Gasteiger partial charge in [-0.05, 0) is 18.2 Å². The summed E-state index contributed by atoms with van der Waals surface area (Å²) in [5.74, 6) is -0.560. The number of rotatable bonds is 7. The van der Waals surface area contributed by atoms with Crippen molar-refractivity contribution in [1.29, 1.82) is 0 Å². The van der Waals surface area contributed by atoms with Crippen LogP contribution in [0.25, 0.3) is 22.5 Å². The van der Waals surface area contributed by atoms with Crippen LogP contribution in [0.15, 0.2) is 84.0 Å². The molecule has 0 aliphatic heterocycles. The van der Waals surface area contributed by atoms with E-state index in [9.17, 15) is 14.7 Å². The summed E-state index contributed by atoms with van der Waals surface area (Å²) in [5, 5.41) is 21.4. The summed E-state index contributed by atoms with van der Waals surface area (Å²) in [6.07, 6.45) is 0. The molecule has 0 bridgehead atoms. The number of anilines is 1. The van der Waals surface area contributed by atoms with E-state index in [0.717, 1.165) is 11.1 Å². The number of benzene rings is 3. The summed E-state index contributed by atoms with van der Waals surface area (Å²) in [6, 6.07) is 23.7. The zero-order chi connectivity index (χ0) is 23.2. The summed E-state index contributed by atoms with van der Waals surface area (Å²) in [7, 11) is 0. The van der Waals surface area contributed by atoms with Crippen LogP contribution in [0.4, 0.5) is 5.69 Å². The maximum absolute atomic E-state index is 12.7. The number of nitrogens with one attached hydrogen (secondary N) is 1. The molecular weight excluding hydrogens is 436 g/mol. The SMILES string of the molecule is CC(=O)Nc1cc(C(=O)CSc2nnc(-c3ccccc3)c(-c3ccccc3)n2)ccc1O. The number of thioether (sulfide) groups is 1. The second kappa shape index (κ2) is 10.1. The molecule has 164 valence electrons. The lowest BCUT2D eigenvalue weighted by molar-refractivity contribution is -0.114. The number of aromatic nitrogens is 3. The highest BCUT2D eigenvalue weighted by atomic mass is 32.2. The Morgan fingerprint density at radius 3 is 2.15 bits per heavy atom. The van der Waals surface area contributed by atoms with Crippen molar-refractivity contribution in [3.63, 3.8) is 0 Å². The third-order valence-corrected chi connectivity index (χ3v) is 5.56. The molecule has 0 saturated carbocycles. The van der Waals surface area contributed by atoms with Gasteiger partial charge < -0.3 is 10.4 Å². The number of ketones is 1. The summed E-state index contributed by atoms with van der Waals surface area (Å²) < 4.78 is 0. The standard InChI is InChI=1S/C25H20N4O3S/c1-16(30)26-20-14-19(12-13-21(20)31)22(32)15-33-25-27-23(17-8-4-2-5-9-17)24(28-29-25)18-10-6-3-7-11-18/h2-14,31H,15H2,1H3,(H,26,30). The second-order valence-electron chi connectivity index (χ2n) is 7.15. The topological polar surface area (TPSA) is 105 Å². The van der Waals surface area contributed by atoms with Gasteiger partial charge in [0, 0.05) is 23.6 Å². The highest BCUT2D eigenvalue weighted by molar-refractivity contribution is 7.99. The number of phenols is 1. The number of nitrogens with zero attached hydrogens (tertiary/aromatic N) is 3. The van der Waals surface area contributed by atoms with Crippen LogP contribution in [-0.2, 0) is 4.79 Å². The van der Waals surface area contributed by atoms with Crippen molar-refractivity contribution in [1.82, 2.24) is 15.2 Å². The van der Waals surface area contributed by atoms with Crippen LogP contribution in [0.1, 0.15) is 17.3 Å². The molecule has 1 heterocycles. The Bertz CT molecular complexity index is 1300. The van der Waals surface area contributed by atoms with Crippen molar-refractivity contribution < 1.29 is 14.7 Å². The van der Waals surface area contributed by atoms with Crippen LogP contribution in [0, 0.1) is 0 Å². The number of hydrogen-bond acceptors (Lipinski definition) is 7. The Morgan fingerprint density at radius 1 is 0.879 bits per heavy atom. The Labute approximate surface area is 194 Å². The third-order valence-electron chi connectivity index (χ3n) is 4.72. The van der Waals surface area contributed by atoms with Gasteiger partial charge in [-0.3, -0.25) is 9.59 Å². The van der Waals surface area contributed by atoms with Crippen LogP contribution in [-0.4, -0.2) is 37.7 Å². The van der Waals surface area contributed by atoms with Gasteiger partial charge in [0.25, 0.3) is 0 Å². The lowest BCUT2D eigenvalue weighted by Crippen LogP contribution is -2.09. The number of Topliss-reactive ketones (excluding diaryl/α,β-unsaturated/α-hetero) is 1. The van der Waals surface area contributed by atoms with Crippen molar-refractivity contribution in [3.8, 4) is 28.3 Å². The maximum Gasteiger partial charge on any atom is 0.221 e. The molecule has 0 radical (unpaired) electrons. The molecule has 0 aliphatic carbocycles. The van der Waals surface area contributed by atoms with E-state index >= 15 is 0 Å². The second-order valence-corrected chi connectivity index (χ2v) is 8.09. The number of aromatic hydroxyl groups is 1. The van der Waals surface area contributed by atoms with Crippen molar-refractivity contribution >= 4 is 29.1 Å². The molecular formula is C25H20N4O3S. The Morgan fingerprint density at radius 2 is 1.52 bits per heavy atom. The first-order chi connectivity index (χ1) is 16.0. The molecule has 2 N–H and O–H groups in total. The predicted molar refractivity (Wildman–Crippen MR) is 128 cm³/mol. The average molecular weight is 457 g/mol.